The number of hydrogen-bond donors (Lipinski definition) is 0. The Morgan fingerprint density at radius 2 is 1.78 bits per heavy atom. The van der Waals surface area contributed by atoms with Gasteiger partial charge in [-0.1, -0.05) is 48.5 Å². The molecular formula is C21H23NO. The lowest BCUT2D eigenvalue weighted by atomic mass is 9.74. The molecule has 3 aliphatic rings. The molecule has 1 saturated carbocycles. The molecule has 2 aromatic carbocycles. The highest BCUT2D eigenvalue weighted by molar-refractivity contribution is 5.47. The van der Waals surface area contributed by atoms with Crippen molar-refractivity contribution in [1.82, 2.24) is 4.90 Å². The van der Waals surface area contributed by atoms with Gasteiger partial charge in [-0.2, -0.15) is 0 Å². The number of piperidine rings is 1. The Morgan fingerprint density at radius 3 is 2.61 bits per heavy atom. The first kappa shape index (κ1) is 13.6. The number of benzene rings is 2. The molecule has 2 aromatic rings. The minimum absolute atomic E-state index is 0.162. The number of likely N-dealkylation sites (tertiary alicyclic amines) is 1. The predicted molar refractivity (Wildman–Crippen MR) is 91.7 cm³/mol. The molecule has 2 heteroatoms. The van der Waals surface area contributed by atoms with Crippen molar-refractivity contribution >= 4 is 0 Å². The average molecular weight is 305 g/mol. The predicted octanol–water partition coefficient (Wildman–Crippen LogP) is 4.17. The van der Waals surface area contributed by atoms with Gasteiger partial charge in [0.25, 0.3) is 0 Å². The molecule has 0 spiro atoms. The SMILES string of the molecule is c1ccc([C@@]23CCN(CC4CC4)C[C@@H]2c2ccccc2O3)cc1. The molecule has 0 aromatic heterocycles. The third-order valence-electron chi connectivity index (χ3n) is 5.87. The van der Waals surface area contributed by atoms with Gasteiger partial charge in [-0.3, -0.25) is 0 Å². The minimum Gasteiger partial charge on any atom is -0.482 e. The molecule has 2 fully saturated rings. The molecule has 5 rings (SSSR count). The highest BCUT2D eigenvalue weighted by atomic mass is 16.5. The summed E-state index contributed by atoms with van der Waals surface area (Å²) in [5.41, 5.74) is 2.58. The lowest BCUT2D eigenvalue weighted by molar-refractivity contribution is -0.00135. The summed E-state index contributed by atoms with van der Waals surface area (Å²) in [7, 11) is 0. The summed E-state index contributed by atoms with van der Waals surface area (Å²) in [6.07, 6.45) is 3.94. The van der Waals surface area contributed by atoms with Gasteiger partial charge in [0.15, 0.2) is 0 Å². The molecular weight excluding hydrogens is 282 g/mol. The van der Waals surface area contributed by atoms with Crippen LogP contribution in [0.3, 0.4) is 0 Å². The van der Waals surface area contributed by atoms with E-state index in [1.807, 2.05) is 0 Å². The van der Waals surface area contributed by atoms with Crippen LogP contribution in [0.25, 0.3) is 0 Å². The molecule has 23 heavy (non-hydrogen) atoms. The molecule has 118 valence electrons. The molecule has 0 radical (unpaired) electrons. The van der Waals surface area contributed by atoms with Crippen LogP contribution in [0.4, 0.5) is 0 Å². The molecule has 1 aliphatic carbocycles. The molecule has 2 nitrogen and oxygen atoms in total. The van der Waals surface area contributed by atoms with Crippen molar-refractivity contribution in [2.45, 2.75) is 30.8 Å². The standard InChI is InChI=1S/C21H23NO/c1-2-6-17(7-3-1)21-12-13-22(14-16-10-11-16)15-19(21)18-8-4-5-9-20(18)23-21/h1-9,16,19H,10-15H2/t19-,21+/m1/s1. The van der Waals surface area contributed by atoms with Crippen LogP contribution in [-0.4, -0.2) is 24.5 Å². The Labute approximate surface area is 138 Å². The summed E-state index contributed by atoms with van der Waals surface area (Å²) in [4.78, 5) is 2.68. The summed E-state index contributed by atoms with van der Waals surface area (Å²) in [6.45, 7) is 3.56. The van der Waals surface area contributed by atoms with Crippen molar-refractivity contribution < 1.29 is 4.74 Å². The smallest absolute Gasteiger partial charge is 0.143 e. The van der Waals surface area contributed by atoms with E-state index in [1.54, 1.807) is 0 Å². The Hall–Kier alpha value is -1.80. The zero-order valence-electron chi connectivity index (χ0n) is 13.4. The molecule has 2 heterocycles. The third-order valence-corrected chi connectivity index (χ3v) is 5.87. The Kier molecular flexibility index (Phi) is 3.02. The molecule has 2 aliphatic heterocycles. The van der Waals surface area contributed by atoms with Gasteiger partial charge in [-0.15, -0.1) is 0 Å². The number of ether oxygens (including phenoxy) is 1. The van der Waals surface area contributed by atoms with Crippen molar-refractivity contribution in [2.75, 3.05) is 19.6 Å². The average Bonchev–Trinajstić information content (AvgIpc) is 3.35. The maximum atomic E-state index is 6.63. The van der Waals surface area contributed by atoms with Gasteiger partial charge < -0.3 is 9.64 Å². The fraction of sp³-hybridized carbons (Fsp3) is 0.429. The van der Waals surface area contributed by atoms with E-state index < -0.39 is 0 Å². The van der Waals surface area contributed by atoms with Crippen molar-refractivity contribution in [1.29, 1.82) is 0 Å². The van der Waals surface area contributed by atoms with Gasteiger partial charge in [-0.25, -0.2) is 0 Å². The molecule has 0 unspecified atom stereocenters. The number of hydrogen-bond acceptors (Lipinski definition) is 2. The first-order valence-electron chi connectivity index (χ1n) is 8.91. The zero-order chi connectivity index (χ0) is 15.3. The fourth-order valence-corrected chi connectivity index (χ4v) is 4.48. The highest BCUT2D eigenvalue weighted by Crippen LogP contribution is 2.54. The van der Waals surface area contributed by atoms with Gasteiger partial charge in [0.2, 0.25) is 0 Å². The first-order valence-corrected chi connectivity index (χ1v) is 8.91. The molecule has 1 saturated heterocycles. The maximum Gasteiger partial charge on any atom is 0.143 e. The summed E-state index contributed by atoms with van der Waals surface area (Å²) in [5, 5.41) is 0. The quantitative estimate of drug-likeness (QED) is 0.843. The van der Waals surface area contributed by atoms with E-state index in [-0.39, 0.29) is 5.60 Å². The Balaban J connectivity index is 1.54. The van der Waals surface area contributed by atoms with E-state index in [0.29, 0.717) is 5.92 Å². The van der Waals surface area contributed by atoms with Gasteiger partial charge in [0, 0.05) is 37.5 Å². The lowest BCUT2D eigenvalue weighted by Crippen LogP contribution is -2.49. The first-order chi connectivity index (χ1) is 11.4. The van der Waals surface area contributed by atoms with Gasteiger partial charge in [0.05, 0.1) is 0 Å². The van der Waals surface area contributed by atoms with Crippen LogP contribution in [0.15, 0.2) is 54.6 Å². The van der Waals surface area contributed by atoms with Crippen LogP contribution in [0.2, 0.25) is 0 Å². The van der Waals surface area contributed by atoms with Crippen LogP contribution in [0, 0.1) is 5.92 Å². The molecule has 2 atom stereocenters. The van der Waals surface area contributed by atoms with Crippen LogP contribution in [-0.2, 0) is 5.60 Å². The van der Waals surface area contributed by atoms with Crippen LogP contribution < -0.4 is 4.74 Å². The van der Waals surface area contributed by atoms with Crippen LogP contribution >= 0.6 is 0 Å². The molecule has 0 bridgehead atoms. The lowest BCUT2D eigenvalue weighted by Gasteiger charge is -2.43. The van der Waals surface area contributed by atoms with Crippen molar-refractivity contribution in [2.24, 2.45) is 5.92 Å². The second-order valence-corrected chi connectivity index (χ2v) is 7.40. The van der Waals surface area contributed by atoms with Gasteiger partial charge in [-0.05, 0) is 30.4 Å². The van der Waals surface area contributed by atoms with Gasteiger partial charge >= 0.3 is 0 Å². The van der Waals surface area contributed by atoms with Crippen LogP contribution in [0.1, 0.15) is 36.3 Å². The monoisotopic (exact) mass is 305 g/mol. The van der Waals surface area contributed by atoms with E-state index in [2.05, 4.69) is 59.5 Å². The summed E-state index contributed by atoms with van der Waals surface area (Å²) < 4.78 is 6.63. The zero-order valence-corrected chi connectivity index (χ0v) is 13.4. The maximum absolute atomic E-state index is 6.63. The highest BCUT2D eigenvalue weighted by Gasteiger charge is 2.52. The minimum atomic E-state index is -0.162. The fourth-order valence-electron chi connectivity index (χ4n) is 4.48. The number of nitrogens with zero attached hydrogens (tertiary/aromatic N) is 1. The third kappa shape index (κ3) is 2.20. The topological polar surface area (TPSA) is 12.5 Å². The molecule has 0 N–H and O–H groups in total. The Morgan fingerprint density at radius 1 is 1.00 bits per heavy atom. The normalized spacial score (nSPS) is 29.7. The summed E-state index contributed by atoms with van der Waals surface area (Å²) >= 11 is 0. The van der Waals surface area contributed by atoms with E-state index in [4.69, 9.17) is 4.74 Å². The van der Waals surface area contributed by atoms with Crippen LogP contribution in [0.5, 0.6) is 5.75 Å². The molecule has 0 amide bonds. The van der Waals surface area contributed by atoms with E-state index in [1.165, 1.54) is 30.5 Å². The van der Waals surface area contributed by atoms with Crippen molar-refractivity contribution in [3.63, 3.8) is 0 Å². The number of para-hydroxylation sites is 1. The summed E-state index contributed by atoms with van der Waals surface area (Å²) in [5.74, 6) is 2.50. The van der Waals surface area contributed by atoms with E-state index >= 15 is 0 Å². The largest absolute Gasteiger partial charge is 0.482 e. The second-order valence-electron chi connectivity index (χ2n) is 7.40. The van der Waals surface area contributed by atoms with Crippen molar-refractivity contribution in [3.8, 4) is 5.75 Å². The van der Waals surface area contributed by atoms with E-state index in [9.17, 15) is 0 Å². The van der Waals surface area contributed by atoms with E-state index in [0.717, 1.165) is 31.2 Å². The number of rotatable bonds is 3. The second kappa shape index (κ2) is 5.10. The number of fused-ring (bicyclic) bond motifs is 3. The summed E-state index contributed by atoms with van der Waals surface area (Å²) in [6, 6.07) is 19.5. The Bertz CT molecular complexity index is 709. The van der Waals surface area contributed by atoms with Gasteiger partial charge in [0.1, 0.15) is 11.4 Å². The van der Waals surface area contributed by atoms with Crippen molar-refractivity contribution in [3.05, 3.63) is 65.7 Å².